The van der Waals surface area contributed by atoms with Gasteiger partial charge >= 0.3 is 0 Å². The number of hydrogen-bond acceptors (Lipinski definition) is 5. The lowest BCUT2D eigenvalue weighted by atomic mass is 10.2. The Kier molecular flexibility index (Phi) is 9.89. The first-order chi connectivity index (χ1) is 12.3. The lowest BCUT2D eigenvalue weighted by Crippen LogP contribution is -2.46. The summed E-state index contributed by atoms with van der Waals surface area (Å²) < 4.78 is 30.5. The van der Waals surface area contributed by atoms with Gasteiger partial charge in [-0.05, 0) is 26.2 Å². The molecule has 0 spiro atoms. The van der Waals surface area contributed by atoms with E-state index in [2.05, 4.69) is 15.6 Å². The predicted molar refractivity (Wildman–Crippen MR) is 103 cm³/mol. The van der Waals surface area contributed by atoms with Gasteiger partial charge in [-0.1, -0.05) is 0 Å². The molecule has 1 aliphatic heterocycles. The van der Waals surface area contributed by atoms with Crippen LogP contribution in [0.5, 0.6) is 0 Å². The van der Waals surface area contributed by atoms with Crippen LogP contribution in [-0.4, -0.2) is 95.3 Å². The molecule has 1 saturated heterocycles. The summed E-state index contributed by atoms with van der Waals surface area (Å²) in [4.78, 5) is 17.6. The molecule has 1 heterocycles. The molecular weight excluding hydrogens is 358 g/mol. The van der Waals surface area contributed by atoms with Gasteiger partial charge in [0.2, 0.25) is 15.9 Å². The molecule has 1 fully saturated rings. The summed E-state index contributed by atoms with van der Waals surface area (Å²) >= 11 is 0. The van der Waals surface area contributed by atoms with Crippen LogP contribution in [0.3, 0.4) is 0 Å². The summed E-state index contributed by atoms with van der Waals surface area (Å²) in [7, 11) is 0.159. The number of rotatable bonds is 10. The summed E-state index contributed by atoms with van der Waals surface area (Å²) in [6, 6.07) is -0.0926. The fourth-order valence-electron chi connectivity index (χ4n) is 2.65. The van der Waals surface area contributed by atoms with Crippen molar-refractivity contribution in [2.24, 2.45) is 4.99 Å². The molecule has 2 N–H and O–H groups in total. The molecule has 0 aromatic carbocycles. The summed E-state index contributed by atoms with van der Waals surface area (Å²) in [6.07, 6.45) is 3.72. The van der Waals surface area contributed by atoms with Crippen molar-refractivity contribution in [3.63, 3.8) is 0 Å². The van der Waals surface area contributed by atoms with Crippen molar-refractivity contribution in [1.29, 1.82) is 0 Å². The van der Waals surface area contributed by atoms with Crippen LogP contribution in [0.4, 0.5) is 0 Å². The van der Waals surface area contributed by atoms with E-state index >= 15 is 0 Å². The maximum absolute atomic E-state index is 11.8. The van der Waals surface area contributed by atoms with Crippen molar-refractivity contribution in [3.8, 4) is 0 Å². The third-order valence-corrected chi connectivity index (χ3v) is 5.42. The Morgan fingerprint density at radius 2 is 2.08 bits per heavy atom. The molecule has 0 aromatic heterocycles. The molecule has 1 atom stereocenters. The van der Waals surface area contributed by atoms with Crippen molar-refractivity contribution in [2.75, 3.05) is 59.7 Å². The van der Waals surface area contributed by atoms with Crippen LogP contribution < -0.4 is 10.6 Å². The number of sulfonamides is 1. The fraction of sp³-hybridized carbons (Fsp3) is 0.875. The smallest absolute Gasteiger partial charge is 0.243 e. The monoisotopic (exact) mass is 391 g/mol. The van der Waals surface area contributed by atoms with Crippen molar-refractivity contribution >= 4 is 21.9 Å². The van der Waals surface area contributed by atoms with Gasteiger partial charge in [0.05, 0.1) is 6.26 Å². The standard InChI is InChI=1S/C16H33N5O4S/c1-5-25-11-7-9-17-16(19-13-15(22)20(2)3)18-12-14-8-6-10-21(14)26(4,23)24/h14H,5-13H2,1-4H3,(H2,17,18,19)/t14-/m1/s1. The van der Waals surface area contributed by atoms with Gasteiger partial charge in [0, 0.05) is 53.0 Å². The minimum absolute atomic E-state index is 0.0360. The largest absolute Gasteiger partial charge is 0.382 e. The van der Waals surface area contributed by atoms with Gasteiger partial charge < -0.3 is 20.3 Å². The minimum Gasteiger partial charge on any atom is -0.382 e. The van der Waals surface area contributed by atoms with Crippen molar-refractivity contribution in [3.05, 3.63) is 0 Å². The molecule has 0 saturated carbocycles. The Labute approximate surface area is 157 Å². The Balaban J connectivity index is 2.60. The first-order valence-electron chi connectivity index (χ1n) is 9.02. The second-order valence-corrected chi connectivity index (χ2v) is 8.42. The number of guanidine groups is 1. The van der Waals surface area contributed by atoms with Crippen LogP contribution >= 0.6 is 0 Å². The second kappa shape index (κ2) is 11.3. The van der Waals surface area contributed by atoms with E-state index in [4.69, 9.17) is 4.74 Å². The van der Waals surface area contributed by atoms with Gasteiger partial charge in [-0.2, -0.15) is 4.31 Å². The molecule has 152 valence electrons. The van der Waals surface area contributed by atoms with Crippen LogP contribution in [0.15, 0.2) is 4.99 Å². The quantitative estimate of drug-likeness (QED) is 0.295. The summed E-state index contributed by atoms with van der Waals surface area (Å²) in [5.41, 5.74) is 0. The molecule has 1 aliphatic rings. The first kappa shape index (κ1) is 22.7. The number of hydrogen-bond donors (Lipinski definition) is 2. The normalized spacial score (nSPS) is 18.8. The van der Waals surface area contributed by atoms with Crippen LogP contribution in [0, 0.1) is 0 Å². The van der Waals surface area contributed by atoms with E-state index < -0.39 is 10.0 Å². The summed E-state index contributed by atoms with van der Waals surface area (Å²) in [6.45, 7) is 4.98. The molecular formula is C16H33N5O4S. The number of likely N-dealkylation sites (N-methyl/N-ethyl adjacent to an activating group) is 1. The minimum atomic E-state index is -3.21. The number of aliphatic imine (C=N–C) groups is 1. The third kappa shape index (κ3) is 8.33. The molecule has 0 bridgehead atoms. The van der Waals surface area contributed by atoms with Gasteiger partial charge in [-0.3, -0.25) is 4.79 Å². The molecule has 26 heavy (non-hydrogen) atoms. The lowest BCUT2D eigenvalue weighted by molar-refractivity contribution is -0.127. The number of carbonyl (C=O) groups excluding carboxylic acids is 1. The zero-order valence-electron chi connectivity index (χ0n) is 16.3. The highest BCUT2D eigenvalue weighted by Crippen LogP contribution is 2.19. The predicted octanol–water partition coefficient (Wildman–Crippen LogP) is -0.540. The highest BCUT2D eigenvalue weighted by Gasteiger charge is 2.31. The van der Waals surface area contributed by atoms with E-state index in [0.29, 0.717) is 38.8 Å². The number of nitrogens with one attached hydrogen (secondary N) is 2. The van der Waals surface area contributed by atoms with E-state index in [0.717, 1.165) is 19.3 Å². The van der Waals surface area contributed by atoms with Gasteiger partial charge in [0.1, 0.15) is 6.54 Å². The second-order valence-electron chi connectivity index (χ2n) is 6.48. The van der Waals surface area contributed by atoms with Crippen LogP contribution in [0.2, 0.25) is 0 Å². The molecule has 0 unspecified atom stereocenters. The summed E-state index contributed by atoms with van der Waals surface area (Å²) in [5, 5.41) is 6.34. The Bertz CT molecular complexity index is 565. The molecule has 0 aliphatic carbocycles. The maximum atomic E-state index is 11.8. The molecule has 1 rings (SSSR count). The first-order valence-corrected chi connectivity index (χ1v) is 10.9. The van der Waals surface area contributed by atoms with Crippen LogP contribution in [-0.2, 0) is 19.6 Å². The van der Waals surface area contributed by atoms with Crippen molar-refractivity contribution < 1.29 is 17.9 Å². The van der Waals surface area contributed by atoms with Crippen LogP contribution in [0.25, 0.3) is 0 Å². The average molecular weight is 392 g/mol. The van der Waals surface area contributed by atoms with Crippen molar-refractivity contribution in [2.45, 2.75) is 32.2 Å². The van der Waals surface area contributed by atoms with E-state index in [1.807, 2.05) is 6.92 Å². The van der Waals surface area contributed by atoms with Crippen molar-refractivity contribution in [1.82, 2.24) is 19.8 Å². The van der Waals surface area contributed by atoms with Gasteiger partial charge in [0.25, 0.3) is 0 Å². The van der Waals surface area contributed by atoms with Gasteiger partial charge in [0.15, 0.2) is 5.96 Å². The molecule has 9 nitrogen and oxygen atoms in total. The lowest BCUT2D eigenvalue weighted by Gasteiger charge is -2.23. The highest BCUT2D eigenvalue weighted by atomic mass is 32.2. The molecule has 0 aromatic rings. The molecule has 10 heteroatoms. The van der Waals surface area contributed by atoms with Gasteiger partial charge in [-0.25, -0.2) is 13.4 Å². The zero-order chi connectivity index (χ0) is 19.6. The Morgan fingerprint density at radius 1 is 1.35 bits per heavy atom. The van der Waals surface area contributed by atoms with E-state index in [1.54, 1.807) is 14.1 Å². The SMILES string of the molecule is CCOCCCNC(=NCC(=O)N(C)C)NC[C@H]1CCCN1S(C)(=O)=O. The number of carbonyl (C=O) groups is 1. The maximum Gasteiger partial charge on any atom is 0.243 e. The Morgan fingerprint density at radius 3 is 2.69 bits per heavy atom. The topological polar surface area (TPSA) is 103 Å². The van der Waals surface area contributed by atoms with E-state index in [1.165, 1.54) is 15.5 Å². The fourth-order valence-corrected chi connectivity index (χ4v) is 3.83. The Hall–Kier alpha value is -1.39. The van der Waals surface area contributed by atoms with Crippen LogP contribution in [0.1, 0.15) is 26.2 Å². The highest BCUT2D eigenvalue weighted by molar-refractivity contribution is 7.88. The van der Waals surface area contributed by atoms with E-state index in [9.17, 15) is 13.2 Å². The average Bonchev–Trinajstić information content (AvgIpc) is 3.04. The zero-order valence-corrected chi connectivity index (χ0v) is 17.1. The number of nitrogens with zero attached hydrogens (tertiary/aromatic N) is 3. The molecule has 0 radical (unpaired) electrons. The number of amides is 1. The summed E-state index contributed by atoms with van der Waals surface area (Å²) in [5.74, 6) is 0.413. The third-order valence-electron chi connectivity index (χ3n) is 4.09. The molecule has 1 amide bonds. The number of ether oxygens (including phenoxy) is 1. The van der Waals surface area contributed by atoms with Gasteiger partial charge in [-0.15, -0.1) is 0 Å². The van der Waals surface area contributed by atoms with E-state index in [-0.39, 0.29) is 18.5 Å².